The number of hydrogen-bond acceptors (Lipinski definition) is 12. The number of rotatable bonds is 19. The lowest BCUT2D eigenvalue weighted by molar-refractivity contribution is -0.386. The van der Waals surface area contributed by atoms with Crippen LogP contribution in [0.1, 0.15) is 52.4 Å². The minimum Gasteiger partial charge on any atom is -0.484 e. The normalized spacial score (nSPS) is 11.8. The van der Waals surface area contributed by atoms with Crippen molar-refractivity contribution in [2.75, 3.05) is 13.2 Å². The number of nitro benzene ring substituents is 2. The number of hydrogen-bond donors (Lipinski definition) is 0. The third-order valence-corrected chi connectivity index (χ3v) is 6.88. The summed E-state index contributed by atoms with van der Waals surface area (Å²) < 4.78 is 32.5. The van der Waals surface area contributed by atoms with Gasteiger partial charge in [-0.1, -0.05) is 68.4 Å². The summed E-state index contributed by atoms with van der Waals surface area (Å²) in [6.45, 7) is 3.69. The minimum atomic E-state index is -1.44. The number of nitro groups is 2. The van der Waals surface area contributed by atoms with Crippen molar-refractivity contribution in [3.05, 3.63) is 99.1 Å². The fourth-order valence-electron chi connectivity index (χ4n) is 4.41. The van der Waals surface area contributed by atoms with E-state index in [1.165, 1.54) is 24.3 Å². The van der Waals surface area contributed by atoms with Crippen LogP contribution in [0.5, 0.6) is 11.5 Å². The Labute approximate surface area is 272 Å². The lowest BCUT2D eigenvalue weighted by Gasteiger charge is -2.18. The summed E-state index contributed by atoms with van der Waals surface area (Å²) in [5, 5.41) is 22.5. The molecule has 0 aromatic heterocycles. The van der Waals surface area contributed by atoms with Crippen molar-refractivity contribution in [1.82, 2.24) is 0 Å². The maximum absolute atomic E-state index is 12.5. The highest BCUT2D eigenvalue weighted by Crippen LogP contribution is 2.29. The molecule has 0 fully saturated rings. The van der Waals surface area contributed by atoms with Crippen LogP contribution in [0.2, 0.25) is 0 Å². The summed E-state index contributed by atoms with van der Waals surface area (Å²) in [6, 6.07) is 20.5. The zero-order chi connectivity index (χ0) is 34.0. The molecule has 47 heavy (non-hydrogen) atoms. The van der Waals surface area contributed by atoms with Gasteiger partial charge < -0.3 is 28.3 Å². The highest BCUT2D eigenvalue weighted by atomic mass is 16.8. The maximum atomic E-state index is 12.5. The van der Waals surface area contributed by atoms with Crippen molar-refractivity contribution in [3.8, 4) is 11.5 Å². The Morgan fingerprint density at radius 2 is 1.06 bits per heavy atom. The lowest BCUT2D eigenvalue weighted by atomic mass is 9.79. The molecule has 0 heterocycles. The fraction of sp³-hybridized carbons (Fsp3) is 0.375. The van der Waals surface area contributed by atoms with Crippen molar-refractivity contribution in [2.45, 2.75) is 64.6 Å². The third kappa shape index (κ3) is 12.2. The largest absolute Gasteiger partial charge is 0.641 e. The molecule has 0 aliphatic carbocycles. The predicted molar refractivity (Wildman–Crippen MR) is 171 cm³/mol. The molecule has 3 aromatic rings. The first-order valence-corrected chi connectivity index (χ1v) is 15.2. The van der Waals surface area contributed by atoms with Gasteiger partial charge in [-0.3, -0.25) is 20.2 Å². The molecule has 0 N–H and O–H groups in total. The highest BCUT2D eigenvalue weighted by molar-refractivity contribution is 6.64. The highest BCUT2D eigenvalue weighted by Gasteiger charge is 2.32. The molecule has 0 radical (unpaired) electrons. The molecule has 0 saturated heterocycles. The van der Waals surface area contributed by atoms with Gasteiger partial charge in [0, 0.05) is 17.6 Å². The van der Waals surface area contributed by atoms with Crippen LogP contribution in [0.3, 0.4) is 0 Å². The number of ether oxygens (including phenoxy) is 4. The Kier molecular flexibility index (Phi) is 14.8. The van der Waals surface area contributed by atoms with Gasteiger partial charge in [0.2, 0.25) is 0 Å². The van der Waals surface area contributed by atoms with Crippen molar-refractivity contribution >= 4 is 36.3 Å². The zero-order valence-electron chi connectivity index (χ0n) is 26.2. The number of benzene rings is 3. The third-order valence-electron chi connectivity index (χ3n) is 6.88. The van der Waals surface area contributed by atoms with Crippen molar-refractivity contribution < 1.29 is 47.7 Å². The standard InChI is InChI=1S/C32H37BN2O12/c1-3-25(44-29-20-10-8-18-27(29)34(38)39)16-12-22-42-31(36)46-33(24-14-6-5-7-15-24)47-32(37)43-23-13-17-26(4-2)45-30-21-11-9-19-28(30)35(40)41/h5-11,14-15,18-21,25-26H,3-4,12-13,16-17,22-23H2,1-2H3. The van der Waals surface area contributed by atoms with E-state index in [4.69, 9.17) is 28.3 Å². The summed E-state index contributed by atoms with van der Waals surface area (Å²) >= 11 is 0. The van der Waals surface area contributed by atoms with Crippen LogP contribution >= 0.6 is 0 Å². The number of nitrogens with zero attached hydrogens (tertiary/aromatic N) is 2. The molecule has 0 spiro atoms. The fourth-order valence-corrected chi connectivity index (χ4v) is 4.41. The Hall–Kier alpha value is -5.34. The van der Waals surface area contributed by atoms with E-state index >= 15 is 0 Å². The lowest BCUT2D eigenvalue weighted by Crippen LogP contribution is -2.41. The smallest absolute Gasteiger partial charge is 0.484 e. The number of para-hydroxylation sites is 4. The predicted octanol–water partition coefficient (Wildman–Crippen LogP) is 6.78. The SMILES string of the molecule is CCC(CCCOC(=O)OB(OC(=O)OCCCC(CC)Oc1ccccc1[N+](=O)[O-])c1ccccc1)Oc1ccccc1[N+](=O)[O-]. The second-order valence-electron chi connectivity index (χ2n) is 10.2. The molecule has 0 bridgehead atoms. The summed E-state index contributed by atoms with van der Waals surface area (Å²) in [6.07, 6.45) is -0.0206. The molecule has 2 unspecified atom stereocenters. The molecule has 2 atom stereocenters. The molecule has 0 amide bonds. The average Bonchev–Trinajstić information content (AvgIpc) is 3.07. The average molecular weight is 652 g/mol. The molecule has 0 saturated carbocycles. The second-order valence-corrected chi connectivity index (χ2v) is 10.2. The number of carbonyl (C=O) groups excluding carboxylic acids is 2. The molecule has 3 aromatic carbocycles. The Morgan fingerprint density at radius 3 is 1.47 bits per heavy atom. The maximum Gasteiger partial charge on any atom is 0.641 e. The first kappa shape index (κ1) is 36.1. The van der Waals surface area contributed by atoms with Gasteiger partial charge in [0.1, 0.15) is 0 Å². The second kappa shape index (κ2) is 19.2. The van der Waals surface area contributed by atoms with Gasteiger partial charge >= 0.3 is 30.8 Å². The molecule has 3 rings (SSSR count). The van der Waals surface area contributed by atoms with E-state index in [1.807, 2.05) is 13.8 Å². The van der Waals surface area contributed by atoms with Gasteiger partial charge in [-0.2, -0.15) is 0 Å². The van der Waals surface area contributed by atoms with E-state index in [-0.39, 0.29) is 48.3 Å². The van der Waals surface area contributed by atoms with Crippen LogP contribution < -0.4 is 14.9 Å². The van der Waals surface area contributed by atoms with E-state index in [0.29, 0.717) is 44.0 Å². The Bertz CT molecular complexity index is 1370. The quantitative estimate of drug-likeness (QED) is 0.0437. The molecule has 0 aliphatic heterocycles. The molecule has 0 aliphatic rings. The summed E-state index contributed by atoms with van der Waals surface area (Å²) in [5.74, 6) is 0.327. The van der Waals surface area contributed by atoms with Crippen LogP contribution in [0.25, 0.3) is 0 Å². The molecule has 15 heteroatoms. The molecular formula is C32H37BN2O12. The minimum absolute atomic E-state index is 0.0334. The van der Waals surface area contributed by atoms with Gasteiger partial charge in [-0.05, 0) is 50.7 Å². The summed E-state index contributed by atoms with van der Waals surface area (Å²) in [5.41, 5.74) is 0.104. The monoisotopic (exact) mass is 652 g/mol. The summed E-state index contributed by atoms with van der Waals surface area (Å²) in [7, 11) is -1.44. The van der Waals surface area contributed by atoms with Crippen LogP contribution in [0.4, 0.5) is 21.0 Å². The van der Waals surface area contributed by atoms with Crippen LogP contribution in [-0.4, -0.2) is 54.7 Å². The van der Waals surface area contributed by atoms with Gasteiger partial charge in [0.15, 0.2) is 11.5 Å². The van der Waals surface area contributed by atoms with Gasteiger partial charge in [0.05, 0.1) is 35.3 Å². The molecule has 250 valence electrons. The van der Waals surface area contributed by atoms with E-state index in [0.717, 1.165) is 0 Å². The van der Waals surface area contributed by atoms with Crippen LogP contribution in [-0.2, 0) is 18.8 Å². The van der Waals surface area contributed by atoms with Crippen molar-refractivity contribution in [1.29, 1.82) is 0 Å². The van der Waals surface area contributed by atoms with Crippen molar-refractivity contribution in [2.24, 2.45) is 0 Å². The number of carbonyl (C=O) groups is 2. The van der Waals surface area contributed by atoms with E-state index in [1.54, 1.807) is 54.6 Å². The Balaban J connectivity index is 1.44. The van der Waals surface area contributed by atoms with Gasteiger partial charge in [-0.15, -0.1) is 0 Å². The first-order valence-electron chi connectivity index (χ1n) is 15.2. The van der Waals surface area contributed by atoms with E-state index in [9.17, 15) is 29.8 Å². The Morgan fingerprint density at radius 1 is 0.660 bits per heavy atom. The van der Waals surface area contributed by atoms with Gasteiger partial charge in [0.25, 0.3) is 0 Å². The van der Waals surface area contributed by atoms with E-state index < -0.39 is 29.3 Å². The molecular weight excluding hydrogens is 615 g/mol. The topological polar surface area (TPSA) is 176 Å². The first-order chi connectivity index (χ1) is 22.7. The van der Waals surface area contributed by atoms with E-state index in [2.05, 4.69) is 0 Å². The van der Waals surface area contributed by atoms with Crippen molar-refractivity contribution in [3.63, 3.8) is 0 Å². The van der Waals surface area contributed by atoms with Gasteiger partial charge in [-0.25, -0.2) is 9.59 Å². The summed E-state index contributed by atoms with van der Waals surface area (Å²) in [4.78, 5) is 46.5. The van der Waals surface area contributed by atoms with Crippen LogP contribution in [0, 0.1) is 20.2 Å². The molecule has 14 nitrogen and oxygen atoms in total. The van der Waals surface area contributed by atoms with Crippen LogP contribution in [0.15, 0.2) is 78.9 Å². The zero-order valence-corrected chi connectivity index (χ0v) is 26.2.